The lowest BCUT2D eigenvalue weighted by Crippen LogP contribution is -2.49. The first-order valence-corrected chi connectivity index (χ1v) is 10.4. The fourth-order valence-corrected chi connectivity index (χ4v) is 3.69. The first kappa shape index (κ1) is 20.0. The van der Waals surface area contributed by atoms with Crippen molar-refractivity contribution >= 4 is 21.6 Å². The highest BCUT2D eigenvalue weighted by Crippen LogP contribution is 2.31. The summed E-state index contributed by atoms with van der Waals surface area (Å²) in [4.78, 5) is 2.24. The normalized spacial score (nSPS) is 18.4. The second-order valence-corrected chi connectivity index (χ2v) is 8.48. The van der Waals surface area contributed by atoms with E-state index in [0.717, 1.165) is 19.6 Å². The van der Waals surface area contributed by atoms with E-state index in [9.17, 15) is 12.8 Å². The summed E-state index contributed by atoms with van der Waals surface area (Å²) in [6, 6.07) is 8.80. The molecule has 0 unspecified atom stereocenters. The van der Waals surface area contributed by atoms with Crippen molar-refractivity contribution in [2.75, 3.05) is 19.6 Å². The Morgan fingerprint density at radius 2 is 2.11 bits per heavy atom. The zero-order valence-corrected chi connectivity index (χ0v) is 16.4. The van der Waals surface area contributed by atoms with E-state index in [1.54, 1.807) is 6.07 Å². The maximum atomic E-state index is 13.4. The number of nitrogens with two attached hydrogens (primary N) is 1. The SMILES string of the molecule is C[C@H]1CNCCN1Cc1cc(S(N)(=O)=O)ccc1Oc1ccc(F)c(Cl)c1. The highest BCUT2D eigenvalue weighted by atomic mass is 35.5. The smallest absolute Gasteiger partial charge is 0.238 e. The van der Waals surface area contributed by atoms with Crippen LogP contribution in [0.4, 0.5) is 4.39 Å². The molecule has 27 heavy (non-hydrogen) atoms. The number of hydrogen-bond acceptors (Lipinski definition) is 5. The summed E-state index contributed by atoms with van der Waals surface area (Å²) in [5, 5.41) is 8.54. The van der Waals surface area contributed by atoms with Crippen LogP contribution in [0.2, 0.25) is 5.02 Å². The molecule has 0 amide bonds. The van der Waals surface area contributed by atoms with Gasteiger partial charge < -0.3 is 10.1 Å². The number of primary sulfonamides is 1. The van der Waals surface area contributed by atoms with Crippen molar-refractivity contribution in [2.24, 2.45) is 5.14 Å². The van der Waals surface area contributed by atoms with Crippen molar-refractivity contribution < 1.29 is 17.5 Å². The first-order chi connectivity index (χ1) is 12.7. The number of rotatable bonds is 5. The quantitative estimate of drug-likeness (QED) is 0.787. The van der Waals surface area contributed by atoms with Crippen molar-refractivity contribution in [3.8, 4) is 11.5 Å². The van der Waals surface area contributed by atoms with Gasteiger partial charge in [-0.1, -0.05) is 11.6 Å². The summed E-state index contributed by atoms with van der Waals surface area (Å²) in [5.74, 6) is 0.290. The third kappa shape index (κ3) is 4.97. The van der Waals surface area contributed by atoms with Crippen LogP contribution in [0.15, 0.2) is 41.3 Å². The molecular weight excluding hydrogens is 393 g/mol. The van der Waals surface area contributed by atoms with Crippen LogP contribution in [-0.4, -0.2) is 39.0 Å². The van der Waals surface area contributed by atoms with Crippen LogP contribution < -0.4 is 15.2 Å². The molecule has 1 aliphatic rings. The standard InChI is InChI=1S/C18H21ClFN3O3S/c1-12-10-22-6-7-23(12)11-13-8-15(27(21,24)25)3-5-18(13)26-14-2-4-17(20)16(19)9-14/h2-5,8-9,12,22H,6-7,10-11H2,1H3,(H2,21,24,25)/t12-/m0/s1. The van der Waals surface area contributed by atoms with Crippen molar-refractivity contribution in [3.63, 3.8) is 0 Å². The Kier molecular flexibility index (Phi) is 6.02. The number of benzene rings is 2. The molecule has 3 rings (SSSR count). The van der Waals surface area contributed by atoms with Gasteiger partial charge in [0.25, 0.3) is 0 Å². The van der Waals surface area contributed by atoms with Gasteiger partial charge in [0, 0.05) is 43.9 Å². The van der Waals surface area contributed by atoms with E-state index in [-0.39, 0.29) is 16.0 Å². The third-order valence-corrected chi connectivity index (χ3v) is 5.69. The molecule has 0 spiro atoms. The van der Waals surface area contributed by atoms with Crippen LogP contribution in [-0.2, 0) is 16.6 Å². The Morgan fingerprint density at radius 3 is 2.78 bits per heavy atom. The molecule has 2 aromatic rings. The average molecular weight is 414 g/mol. The largest absolute Gasteiger partial charge is 0.457 e. The minimum Gasteiger partial charge on any atom is -0.457 e. The molecule has 1 saturated heterocycles. The first-order valence-electron chi connectivity index (χ1n) is 8.47. The monoisotopic (exact) mass is 413 g/mol. The van der Waals surface area contributed by atoms with E-state index in [0.29, 0.717) is 23.6 Å². The molecule has 1 fully saturated rings. The summed E-state index contributed by atoms with van der Waals surface area (Å²) >= 11 is 5.81. The number of sulfonamides is 1. The van der Waals surface area contributed by atoms with Crippen molar-refractivity contribution in [3.05, 3.63) is 52.8 Å². The number of piperazine rings is 1. The Balaban J connectivity index is 1.94. The molecule has 0 aromatic heterocycles. The van der Waals surface area contributed by atoms with Gasteiger partial charge in [-0.05, 0) is 37.3 Å². The predicted molar refractivity (Wildman–Crippen MR) is 102 cm³/mol. The summed E-state index contributed by atoms with van der Waals surface area (Å²) in [6.07, 6.45) is 0. The van der Waals surface area contributed by atoms with E-state index < -0.39 is 15.8 Å². The van der Waals surface area contributed by atoms with Gasteiger partial charge in [-0.25, -0.2) is 17.9 Å². The van der Waals surface area contributed by atoms with Crippen LogP contribution in [0.3, 0.4) is 0 Å². The molecule has 146 valence electrons. The number of hydrogen-bond donors (Lipinski definition) is 2. The van der Waals surface area contributed by atoms with Gasteiger partial charge in [-0.15, -0.1) is 0 Å². The molecule has 0 saturated carbocycles. The van der Waals surface area contributed by atoms with Crippen molar-refractivity contribution in [2.45, 2.75) is 24.4 Å². The number of nitrogens with zero attached hydrogens (tertiary/aromatic N) is 1. The molecule has 0 bridgehead atoms. The average Bonchev–Trinajstić information content (AvgIpc) is 2.60. The molecule has 6 nitrogen and oxygen atoms in total. The summed E-state index contributed by atoms with van der Waals surface area (Å²) < 4.78 is 42.7. The van der Waals surface area contributed by atoms with Crippen LogP contribution in [0.1, 0.15) is 12.5 Å². The molecule has 1 atom stereocenters. The maximum Gasteiger partial charge on any atom is 0.238 e. The van der Waals surface area contributed by atoms with Crippen LogP contribution in [0, 0.1) is 5.82 Å². The zero-order chi connectivity index (χ0) is 19.6. The minimum absolute atomic E-state index is 0.0183. The lowest BCUT2D eigenvalue weighted by atomic mass is 10.1. The molecular formula is C18H21ClFN3O3S. The van der Waals surface area contributed by atoms with Gasteiger partial charge in [-0.2, -0.15) is 0 Å². The molecule has 3 N–H and O–H groups in total. The topological polar surface area (TPSA) is 84.7 Å². The molecule has 0 radical (unpaired) electrons. The summed E-state index contributed by atoms with van der Waals surface area (Å²) in [6.45, 7) is 5.11. The molecule has 0 aliphatic carbocycles. The second-order valence-electron chi connectivity index (χ2n) is 6.52. The molecule has 1 aliphatic heterocycles. The van der Waals surface area contributed by atoms with Gasteiger partial charge in [-0.3, -0.25) is 4.90 Å². The molecule has 1 heterocycles. The fraction of sp³-hybridized carbons (Fsp3) is 0.333. The van der Waals surface area contributed by atoms with Gasteiger partial charge in [0.1, 0.15) is 17.3 Å². The van der Waals surface area contributed by atoms with E-state index in [1.807, 2.05) is 0 Å². The zero-order valence-electron chi connectivity index (χ0n) is 14.8. The Hall–Kier alpha value is -1.71. The van der Waals surface area contributed by atoms with Crippen LogP contribution in [0.25, 0.3) is 0 Å². The fourth-order valence-electron chi connectivity index (χ4n) is 2.96. The third-order valence-electron chi connectivity index (χ3n) is 4.49. The van der Waals surface area contributed by atoms with Gasteiger partial charge in [0.05, 0.1) is 9.92 Å². The van der Waals surface area contributed by atoms with Crippen molar-refractivity contribution in [1.82, 2.24) is 10.2 Å². The van der Waals surface area contributed by atoms with Crippen LogP contribution >= 0.6 is 11.6 Å². The van der Waals surface area contributed by atoms with E-state index >= 15 is 0 Å². The molecule has 9 heteroatoms. The minimum atomic E-state index is -3.84. The Labute approximate surface area is 163 Å². The second kappa shape index (κ2) is 8.12. The van der Waals surface area contributed by atoms with E-state index in [2.05, 4.69) is 17.1 Å². The van der Waals surface area contributed by atoms with E-state index in [1.165, 1.54) is 30.3 Å². The summed E-state index contributed by atoms with van der Waals surface area (Å²) in [7, 11) is -3.84. The maximum absolute atomic E-state index is 13.4. The van der Waals surface area contributed by atoms with Gasteiger partial charge in [0.2, 0.25) is 10.0 Å². The molecule has 2 aromatic carbocycles. The Bertz CT molecular complexity index is 939. The number of ether oxygens (including phenoxy) is 1. The van der Waals surface area contributed by atoms with Crippen LogP contribution in [0.5, 0.6) is 11.5 Å². The lowest BCUT2D eigenvalue weighted by molar-refractivity contribution is 0.164. The summed E-state index contributed by atoms with van der Waals surface area (Å²) in [5.41, 5.74) is 0.677. The van der Waals surface area contributed by atoms with E-state index in [4.69, 9.17) is 21.5 Å². The number of nitrogens with one attached hydrogen (secondary N) is 1. The Morgan fingerprint density at radius 1 is 1.33 bits per heavy atom. The van der Waals surface area contributed by atoms with Crippen molar-refractivity contribution in [1.29, 1.82) is 0 Å². The van der Waals surface area contributed by atoms with Gasteiger partial charge in [0.15, 0.2) is 0 Å². The highest BCUT2D eigenvalue weighted by Gasteiger charge is 2.21. The lowest BCUT2D eigenvalue weighted by Gasteiger charge is -2.34. The number of halogens is 2. The van der Waals surface area contributed by atoms with Gasteiger partial charge >= 0.3 is 0 Å². The highest BCUT2D eigenvalue weighted by molar-refractivity contribution is 7.89. The predicted octanol–water partition coefficient (Wildman–Crippen LogP) is 2.71.